The molecule has 1 atom stereocenters. The summed E-state index contributed by atoms with van der Waals surface area (Å²) < 4.78 is 0. The van der Waals surface area contributed by atoms with Crippen molar-refractivity contribution in [3.05, 3.63) is 22.4 Å². The average molecular weight is 219 g/mol. The highest BCUT2D eigenvalue weighted by Gasteiger charge is 2.00. The molecule has 0 aliphatic heterocycles. The van der Waals surface area contributed by atoms with Crippen LogP contribution in [-0.2, 0) is 6.42 Å². The Morgan fingerprint density at radius 1 is 1.70 bits per heavy atom. The lowest BCUT2D eigenvalue weighted by Gasteiger charge is -2.03. The molecule has 1 aromatic heterocycles. The number of hydrogen-bond donors (Lipinski definition) is 0. The van der Waals surface area contributed by atoms with Gasteiger partial charge < -0.3 is 0 Å². The number of halogens is 1. The van der Waals surface area contributed by atoms with E-state index >= 15 is 0 Å². The summed E-state index contributed by atoms with van der Waals surface area (Å²) in [4.78, 5) is 1.49. The lowest BCUT2D eigenvalue weighted by Crippen LogP contribution is -1.98. The van der Waals surface area contributed by atoms with E-state index in [4.69, 9.17) is 0 Å². The monoisotopic (exact) mass is 218 g/mol. The second kappa shape index (κ2) is 4.14. The van der Waals surface area contributed by atoms with Crippen molar-refractivity contribution in [1.29, 1.82) is 0 Å². The zero-order valence-electron chi connectivity index (χ0n) is 6.01. The Hall–Kier alpha value is 0.180. The molecule has 10 heavy (non-hydrogen) atoms. The van der Waals surface area contributed by atoms with E-state index in [0.29, 0.717) is 0 Å². The zero-order valence-corrected chi connectivity index (χ0v) is 8.41. The quantitative estimate of drug-likeness (QED) is 0.684. The van der Waals surface area contributed by atoms with Gasteiger partial charge in [0.05, 0.1) is 0 Å². The first kappa shape index (κ1) is 8.28. The SMILES string of the molecule is CC(CBr)Cc1cccs1. The highest BCUT2D eigenvalue weighted by atomic mass is 79.9. The van der Waals surface area contributed by atoms with Gasteiger partial charge in [0, 0.05) is 10.2 Å². The summed E-state index contributed by atoms with van der Waals surface area (Å²) in [6.07, 6.45) is 1.21. The van der Waals surface area contributed by atoms with Gasteiger partial charge >= 0.3 is 0 Å². The second-order valence-corrected chi connectivity index (χ2v) is 4.22. The molecule has 1 unspecified atom stereocenters. The molecule has 0 bridgehead atoms. The molecule has 2 heteroatoms. The van der Waals surface area contributed by atoms with Gasteiger partial charge in [0.15, 0.2) is 0 Å². The van der Waals surface area contributed by atoms with Gasteiger partial charge in [-0.3, -0.25) is 0 Å². The van der Waals surface area contributed by atoms with E-state index < -0.39 is 0 Å². The summed E-state index contributed by atoms with van der Waals surface area (Å²) in [5.41, 5.74) is 0. The molecule has 0 N–H and O–H groups in total. The smallest absolute Gasteiger partial charge is 0.00605 e. The zero-order chi connectivity index (χ0) is 7.40. The van der Waals surface area contributed by atoms with Crippen LogP contribution in [0.2, 0.25) is 0 Å². The Morgan fingerprint density at radius 2 is 2.50 bits per heavy atom. The van der Waals surface area contributed by atoms with E-state index in [9.17, 15) is 0 Å². The normalized spacial score (nSPS) is 13.4. The molecular weight excluding hydrogens is 208 g/mol. The minimum atomic E-state index is 0.763. The molecule has 0 spiro atoms. The fraction of sp³-hybridized carbons (Fsp3) is 0.500. The molecule has 0 aliphatic carbocycles. The first-order valence-electron chi connectivity index (χ1n) is 3.41. The van der Waals surface area contributed by atoms with Crippen LogP contribution in [-0.4, -0.2) is 5.33 Å². The summed E-state index contributed by atoms with van der Waals surface area (Å²) in [7, 11) is 0. The first-order chi connectivity index (χ1) is 4.83. The van der Waals surface area contributed by atoms with E-state index in [1.807, 2.05) is 11.3 Å². The van der Waals surface area contributed by atoms with Crippen molar-refractivity contribution in [3.8, 4) is 0 Å². The van der Waals surface area contributed by atoms with E-state index in [2.05, 4.69) is 40.4 Å². The molecule has 0 fully saturated rings. The Morgan fingerprint density at radius 3 is 3.00 bits per heavy atom. The van der Waals surface area contributed by atoms with Crippen molar-refractivity contribution in [2.45, 2.75) is 13.3 Å². The van der Waals surface area contributed by atoms with Crippen molar-refractivity contribution in [1.82, 2.24) is 0 Å². The van der Waals surface area contributed by atoms with Gasteiger partial charge in [-0.2, -0.15) is 0 Å². The molecule has 0 nitrogen and oxygen atoms in total. The number of hydrogen-bond acceptors (Lipinski definition) is 1. The molecule has 0 saturated heterocycles. The Kier molecular flexibility index (Phi) is 3.43. The van der Waals surface area contributed by atoms with Crippen LogP contribution >= 0.6 is 27.3 Å². The Balaban J connectivity index is 2.40. The first-order valence-corrected chi connectivity index (χ1v) is 5.41. The van der Waals surface area contributed by atoms with E-state index in [0.717, 1.165) is 11.2 Å². The van der Waals surface area contributed by atoms with Crippen molar-refractivity contribution in [2.24, 2.45) is 5.92 Å². The van der Waals surface area contributed by atoms with Crippen LogP contribution in [0.15, 0.2) is 17.5 Å². The van der Waals surface area contributed by atoms with Crippen LogP contribution in [0.5, 0.6) is 0 Å². The maximum Gasteiger partial charge on any atom is 0.00605 e. The van der Waals surface area contributed by atoms with Gasteiger partial charge in [0.25, 0.3) is 0 Å². The highest BCUT2D eigenvalue weighted by Crippen LogP contribution is 2.15. The average Bonchev–Trinajstić information content (AvgIpc) is 2.40. The van der Waals surface area contributed by atoms with Gasteiger partial charge in [-0.05, 0) is 23.8 Å². The van der Waals surface area contributed by atoms with Gasteiger partial charge in [0.1, 0.15) is 0 Å². The van der Waals surface area contributed by atoms with Crippen LogP contribution in [0.4, 0.5) is 0 Å². The van der Waals surface area contributed by atoms with Crippen LogP contribution in [0.25, 0.3) is 0 Å². The van der Waals surface area contributed by atoms with E-state index in [1.54, 1.807) is 0 Å². The largest absolute Gasteiger partial charge is 0.149 e. The minimum Gasteiger partial charge on any atom is -0.149 e. The van der Waals surface area contributed by atoms with Gasteiger partial charge in [0.2, 0.25) is 0 Å². The molecule has 0 radical (unpaired) electrons. The standard InChI is InChI=1S/C8H11BrS/c1-7(6-9)5-8-3-2-4-10-8/h2-4,7H,5-6H2,1H3. The topological polar surface area (TPSA) is 0 Å². The third-order valence-electron chi connectivity index (χ3n) is 1.39. The summed E-state index contributed by atoms with van der Waals surface area (Å²) in [6, 6.07) is 4.31. The van der Waals surface area contributed by atoms with Gasteiger partial charge in [-0.25, -0.2) is 0 Å². The lowest BCUT2D eigenvalue weighted by atomic mass is 10.1. The predicted octanol–water partition coefficient (Wildman–Crippen LogP) is 3.32. The maximum atomic E-state index is 3.47. The predicted molar refractivity (Wildman–Crippen MR) is 51.0 cm³/mol. The molecule has 1 rings (SSSR count). The van der Waals surface area contributed by atoms with E-state index in [-0.39, 0.29) is 0 Å². The Labute approximate surface area is 74.4 Å². The van der Waals surface area contributed by atoms with Crippen LogP contribution in [0.3, 0.4) is 0 Å². The van der Waals surface area contributed by atoms with Crippen LogP contribution in [0, 0.1) is 5.92 Å². The van der Waals surface area contributed by atoms with Crippen molar-refractivity contribution < 1.29 is 0 Å². The third-order valence-corrected chi connectivity index (χ3v) is 3.40. The van der Waals surface area contributed by atoms with Crippen molar-refractivity contribution >= 4 is 27.3 Å². The molecular formula is C8H11BrS. The fourth-order valence-electron chi connectivity index (χ4n) is 0.827. The lowest BCUT2D eigenvalue weighted by molar-refractivity contribution is 0.670. The molecule has 1 heterocycles. The molecule has 0 saturated carbocycles. The molecule has 56 valence electrons. The highest BCUT2D eigenvalue weighted by molar-refractivity contribution is 9.09. The minimum absolute atomic E-state index is 0.763. The molecule has 0 aliphatic rings. The number of thiophene rings is 1. The molecule has 0 amide bonds. The molecule has 0 aromatic carbocycles. The van der Waals surface area contributed by atoms with Crippen molar-refractivity contribution in [2.75, 3.05) is 5.33 Å². The van der Waals surface area contributed by atoms with Crippen LogP contribution < -0.4 is 0 Å². The number of rotatable bonds is 3. The summed E-state index contributed by atoms with van der Waals surface area (Å²) in [5, 5.41) is 3.24. The summed E-state index contributed by atoms with van der Waals surface area (Å²) in [5.74, 6) is 0.763. The molecule has 1 aromatic rings. The summed E-state index contributed by atoms with van der Waals surface area (Å²) >= 11 is 5.31. The summed E-state index contributed by atoms with van der Waals surface area (Å²) in [6.45, 7) is 2.26. The Bertz CT molecular complexity index is 169. The van der Waals surface area contributed by atoms with E-state index in [1.165, 1.54) is 11.3 Å². The third kappa shape index (κ3) is 2.43. The van der Waals surface area contributed by atoms with Crippen LogP contribution in [0.1, 0.15) is 11.8 Å². The van der Waals surface area contributed by atoms with Gasteiger partial charge in [-0.15, -0.1) is 11.3 Å². The van der Waals surface area contributed by atoms with Gasteiger partial charge in [-0.1, -0.05) is 28.9 Å². The maximum absolute atomic E-state index is 3.47. The fourth-order valence-corrected chi connectivity index (χ4v) is 1.93. The van der Waals surface area contributed by atoms with Crippen molar-refractivity contribution in [3.63, 3.8) is 0 Å². The number of alkyl halides is 1. The second-order valence-electron chi connectivity index (χ2n) is 2.54.